The molecule has 1 fully saturated rings. The summed E-state index contributed by atoms with van der Waals surface area (Å²) in [7, 11) is 0. The average Bonchev–Trinajstić information content (AvgIpc) is 2.72. The highest BCUT2D eigenvalue weighted by molar-refractivity contribution is 5.92. The van der Waals surface area contributed by atoms with Gasteiger partial charge in [0.25, 0.3) is 5.91 Å². The van der Waals surface area contributed by atoms with Gasteiger partial charge in [0.05, 0.1) is 6.20 Å². The summed E-state index contributed by atoms with van der Waals surface area (Å²) >= 11 is 0. The van der Waals surface area contributed by atoms with Crippen LogP contribution in [0.4, 0.5) is 4.39 Å². The Kier molecular flexibility index (Phi) is 6.34. The Labute approximate surface area is 164 Å². The first kappa shape index (κ1) is 19.9. The normalized spacial score (nSPS) is 16.9. The maximum absolute atomic E-state index is 13.1. The van der Waals surface area contributed by atoms with Crippen LogP contribution < -0.4 is 0 Å². The van der Waals surface area contributed by atoms with Crippen LogP contribution in [0.2, 0.25) is 0 Å². The highest BCUT2D eigenvalue weighted by Crippen LogP contribution is 2.21. The molecule has 1 aliphatic rings. The molecule has 7 heteroatoms. The highest BCUT2D eigenvalue weighted by atomic mass is 19.1. The quantitative estimate of drug-likeness (QED) is 0.795. The number of hydrogen-bond acceptors (Lipinski definition) is 4. The zero-order chi connectivity index (χ0) is 20.1. The number of rotatable bonds is 5. The van der Waals surface area contributed by atoms with E-state index in [-0.39, 0.29) is 29.5 Å². The van der Waals surface area contributed by atoms with E-state index >= 15 is 0 Å². The molecule has 3 rings (SSSR count). The van der Waals surface area contributed by atoms with Crippen LogP contribution in [-0.2, 0) is 11.3 Å². The van der Waals surface area contributed by atoms with Crippen molar-refractivity contribution in [3.8, 4) is 0 Å². The minimum atomic E-state index is -0.474. The predicted octanol–water partition coefficient (Wildman–Crippen LogP) is 2.91. The van der Waals surface area contributed by atoms with Crippen LogP contribution in [0.25, 0.3) is 0 Å². The molecule has 1 atom stereocenters. The summed E-state index contributed by atoms with van der Waals surface area (Å²) in [6, 6.07) is 6.35. The Bertz CT molecular complexity index is 811. The molecule has 148 valence electrons. The van der Waals surface area contributed by atoms with E-state index in [0.717, 1.165) is 24.6 Å². The van der Waals surface area contributed by atoms with Gasteiger partial charge in [-0.3, -0.25) is 14.6 Å². The number of likely N-dealkylation sites (tertiary alicyclic amines) is 1. The van der Waals surface area contributed by atoms with E-state index in [1.165, 1.54) is 12.1 Å². The van der Waals surface area contributed by atoms with Crippen molar-refractivity contribution in [1.29, 1.82) is 0 Å². The Morgan fingerprint density at radius 1 is 1.29 bits per heavy atom. The molecule has 2 aromatic rings. The van der Waals surface area contributed by atoms with Crippen molar-refractivity contribution >= 4 is 11.8 Å². The third kappa shape index (κ3) is 4.71. The van der Waals surface area contributed by atoms with Gasteiger partial charge >= 0.3 is 0 Å². The number of hydrogen-bond donors (Lipinski definition) is 0. The lowest BCUT2D eigenvalue weighted by Crippen LogP contribution is -2.52. The van der Waals surface area contributed by atoms with Crippen molar-refractivity contribution in [1.82, 2.24) is 19.8 Å². The van der Waals surface area contributed by atoms with Crippen molar-refractivity contribution in [3.05, 3.63) is 59.9 Å². The largest absolute Gasteiger partial charge is 0.335 e. The number of aromatic nitrogens is 2. The summed E-state index contributed by atoms with van der Waals surface area (Å²) in [5.41, 5.74) is 1.18. The SMILES string of the molecule is CC(C)C(=O)N(Cc1cccnc1)C1CCCN(C(=O)c2ccc(F)cn2)C1. The monoisotopic (exact) mass is 384 g/mol. The molecule has 0 aliphatic carbocycles. The lowest BCUT2D eigenvalue weighted by atomic mass is 10.0. The summed E-state index contributed by atoms with van der Waals surface area (Å²) in [4.78, 5) is 37.2. The molecule has 28 heavy (non-hydrogen) atoms. The maximum Gasteiger partial charge on any atom is 0.272 e. The topological polar surface area (TPSA) is 66.4 Å². The van der Waals surface area contributed by atoms with E-state index in [1.807, 2.05) is 30.9 Å². The van der Waals surface area contributed by atoms with Crippen LogP contribution in [0, 0.1) is 11.7 Å². The zero-order valence-electron chi connectivity index (χ0n) is 16.2. The van der Waals surface area contributed by atoms with Gasteiger partial charge in [0.1, 0.15) is 11.5 Å². The summed E-state index contributed by atoms with van der Waals surface area (Å²) in [6.45, 7) is 5.27. The minimum Gasteiger partial charge on any atom is -0.335 e. The molecule has 0 bridgehead atoms. The van der Waals surface area contributed by atoms with E-state index in [4.69, 9.17) is 0 Å². The van der Waals surface area contributed by atoms with Gasteiger partial charge in [0.2, 0.25) is 5.91 Å². The number of amides is 2. The second kappa shape index (κ2) is 8.91. The molecule has 0 spiro atoms. The van der Waals surface area contributed by atoms with Gasteiger partial charge in [-0.2, -0.15) is 0 Å². The minimum absolute atomic E-state index is 0.0584. The first-order valence-corrected chi connectivity index (χ1v) is 9.56. The van der Waals surface area contributed by atoms with Crippen LogP contribution in [0.15, 0.2) is 42.9 Å². The van der Waals surface area contributed by atoms with Crippen molar-refractivity contribution in [2.45, 2.75) is 39.3 Å². The summed E-state index contributed by atoms with van der Waals surface area (Å²) < 4.78 is 13.1. The second-order valence-corrected chi connectivity index (χ2v) is 7.39. The molecular formula is C21H25FN4O2. The van der Waals surface area contributed by atoms with E-state index < -0.39 is 5.82 Å². The van der Waals surface area contributed by atoms with Gasteiger partial charge < -0.3 is 9.80 Å². The van der Waals surface area contributed by atoms with Crippen LogP contribution >= 0.6 is 0 Å². The van der Waals surface area contributed by atoms with E-state index in [2.05, 4.69) is 9.97 Å². The van der Waals surface area contributed by atoms with Crippen LogP contribution in [-0.4, -0.2) is 50.7 Å². The van der Waals surface area contributed by atoms with Crippen molar-refractivity contribution in [3.63, 3.8) is 0 Å². The van der Waals surface area contributed by atoms with Gasteiger partial charge in [0, 0.05) is 44.0 Å². The number of halogens is 1. The Balaban J connectivity index is 1.77. The smallest absolute Gasteiger partial charge is 0.272 e. The maximum atomic E-state index is 13.1. The molecule has 0 N–H and O–H groups in total. The molecule has 2 aromatic heterocycles. The Morgan fingerprint density at radius 2 is 2.11 bits per heavy atom. The lowest BCUT2D eigenvalue weighted by Gasteiger charge is -2.40. The molecular weight excluding hydrogens is 359 g/mol. The van der Waals surface area contributed by atoms with Crippen LogP contribution in [0.1, 0.15) is 42.7 Å². The highest BCUT2D eigenvalue weighted by Gasteiger charge is 2.32. The predicted molar refractivity (Wildman–Crippen MR) is 103 cm³/mol. The summed E-state index contributed by atoms with van der Waals surface area (Å²) in [6.07, 6.45) is 6.14. The van der Waals surface area contributed by atoms with E-state index in [0.29, 0.717) is 19.6 Å². The number of nitrogens with zero attached hydrogens (tertiary/aromatic N) is 4. The van der Waals surface area contributed by atoms with Gasteiger partial charge in [-0.05, 0) is 36.6 Å². The molecule has 1 saturated heterocycles. The third-order valence-corrected chi connectivity index (χ3v) is 4.92. The fourth-order valence-corrected chi connectivity index (χ4v) is 3.46. The van der Waals surface area contributed by atoms with Gasteiger partial charge in [0.15, 0.2) is 0 Å². The molecule has 0 saturated carbocycles. The molecule has 3 heterocycles. The van der Waals surface area contributed by atoms with Crippen LogP contribution in [0.3, 0.4) is 0 Å². The van der Waals surface area contributed by atoms with Gasteiger partial charge in [-0.25, -0.2) is 9.37 Å². The lowest BCUT2D eigenvalue weighted by molar-refractivity contribution is -0.138. The first-order valence-electron chi connectivity index (χ1n) is 9.56. The fourth-order valence-electron chi connectivity index (χ4n) is 3.46. The molecule has 2 amide bonds. The first-order chi connectivity index (χ1) is 13.5. The zero-order valence-corrected chi connectivity index (χ0v) is 16.2. The molecule has 0 aromatic carbocycles. The molecule has 6 nitrogen and oxygen atoms in total. The van der Waals surface area contributed by atoms with E-state index in [1.54, 1.807) is 17.3 Å². The van der Waals surface area contributed by atoms with E-state index in [9.17, 15) is 14.0 Å². The Morgan fingerprint density at radius 3 is 2.75 bits per heavy atom. The second-order valence-electron chi connectivity index (χ2n) is 7.39. The summed E-state index contributed by atoms with van der Waals surface area (Å²) in [5, 5.41) is 0. The number of carbonyl (C=O) groups is 2. The summed E-state index contributed by atoms with van der Waals surface area (Å²) in [5.74, 6) is -0.786. The molecule has 1 unspecified atom stereocenters. The third-order valence-electron chi connectivity index (χ3n) is 4.92. The van der Waals surface area contributed by atoms with Crippen LogP contribution in [0.5, 0.6) is 0 Å². The number of pyridine rings is 2. The average molecular weight is 384 g/mol. The molecule has 1 aliphatic heterocycles. The fraction of sp³-hybridized carbons (Fsp3) is 0.429. The Hall–Kier alpha value is -2.83. The van der Waals surface area contributed by atoms with Crippen molar-refractivity contribution in [2.75, 3.05) is 13.1 Å². The molecule has 0 radical (unpaired) electrons. The number of carbonyl (C=O) groups excluding carboxylic acids is 2. The van der Waals surface area contributed by atoms with Crippen molar-refractivity contribution < 1.29 is 14.0 Å². The van der Waals surface area contributed by atoms with Gasteiger partial charge in [-0.15, -0.1) is 0 Å². The standard InChI is InChI=1S/C21H25FN4O2/c1-15(2)20(27)26(13-16-5-3-9-23-11-16)18-6-4-10-25(14-18)21(28)19-8-7-17(22)12-24-19/h3,5,7-9,11-12,15,18H,4,6,10,13-14H2,1-2H3. The van der Waals surface area contributed by atoms with Crippen molar-refractivity contribution in [2.24, 2.45) is 5.92 Å². The number of piperidine rings is 1. The van der Waals surface area contributed by atoms with Gasteiger partial charge in [-0.1, -0.05) is 19.9 Å².